The summed E-state index contributed by atoms with van der Waals surface area (Å²) in [6.07, 6.45) is 1.28. The normalized spacial score (nSPS) is 12.1. The molecule has 1 heterocycles. The molecule has 0 saturated carbocycles. The lowest BCUT2D eigenvalue weighted by atomic mass is 10.2. The van der Waals surface area contributed by atoms with Crippen LogP contribution in [0.4, 0.5) is 0 Å². The minimum absolute atomic E-state index is 0.434. The van der Waals surface area contributed by atoms with Crippen molar-refractivity contribution in [2.45, 2.75) is 26.4 Å². The average Bonchev–Trinajstić information content (AvgIpc) is 2.16. The first-order valence-electron chi connectivity index (χ1n) is 4.46. The van der Waals surface area contributed by atoms with Crippen LogP contribution in [0.25, 0.3) is 0 Å². The van der Waals surface area contributed by atoms with E-state index in [0.29, 0.717) is 17.9 Å². The predicted molar refractivity (Wildman–Crippen MR) is 51.3 cm³/mol. The number of aryl methyl sites for hydroxylation is 1. The van der Waals surface area contributed by atoms with Gasteiger partial charge in [0.2, 0.25) is 0 Å². The zero-order chi connectivity index (χ0) is 10.6. The van der Waals surface area contributed by atoms with Crippen LogP contribution in [0.1, 0.15) is 19.0 Å². The average molecular weight is 195 g/mol. The van der Waals surface area contributed by atoms with E-state index in [1.54, 1.807) is 32.2 Å². The van der Waals surface area contributed by atoms with Crippen LogP contribution in [0.5, 0.6) is 5.75 Å². The molecule has 0 fully saturated rings. The van der Waals surface area contributed by atoms with Gasteiger partial charge in [-0.3, -0.25) is 4.98 Å². The van der Waals surface area contributed by atoms with Gasteiger partial charge < -0.3 is 9.84 Å². The van der Waals surface area contributed by atoms with E-state index in [4.69, 9.17) is 9.84 Å². The SMILES string of the molecule is CCC(Oc1cccnc1C)C(=O)O. The van der Waals surface area contributed by atoms with E-state index in [9.17, 15) is 4.79 Å². The van der Waals surface area contributed by atoms with Gasteiger partial charge in [0.25, 0.3) is 0 Å². The van der Waals surface area contributed by atoms with Gasteiger partial charge in [-0.2, -0.15) is 0 Å². The number of carbonyl (C=O) groups is 1. The number of hydrogen-bond acceptors (Lipinski definition) is 3. The van der Waals surface area contributed by atoms with E-state index in [2.05, 4.69) is 4.98 Å². The molecule has 1 N–H and O–H groups in total. The van der Waals surface area contributed by atoms with E-state index in [1.165, 1.54) is 0 Å². The summed E-state index contributed by atoms with van der Waals surface area (Å²) in [5.41, 5.74) is 0.701. The summed E-state index contributed by atoms with van der Waals surface area (Å²) in [5.74, 6) is -0.419. The van der Waals surface area contributed by atoms with Crippen LogP contribution in [0.15, 0.2) is 18.3 Å². The molecule has 1 unspecified atom stereocenters. The Kier molecular flexibility index (Phi) is 3.45. The number of hydrogen-bond donors (Lipinski definition) is 1. The minimum atomic E-state index is -0.948. The van der Waals surface area contributed by atoms with Crippen LogP contribution < -0.4 is 4.74 Å². The number of carboxylic acids is 1. The smallest absolute Gasteiger partial charge is 0.344 e. The number of rotatable bonds is 4. The standard InChI is InChI=1S/C10H13NO3/c1-3-8(10(12)13)14-9-5-4-6-11-7(9)2/h4-6,8H,3H2,1-2H3,(H,12,13). The molecule has 0 aliphatic heterocycles. The summed E-state index contributed by atoms with van der Waals surface area (Å²) in [4.78, 5) is 14.7. The van der Waals surface area contributed by atoms with Crippen molar-refractivity contribution >= 4 is 5.97 Å². The largest absolute Gasteiger partial charge is 0.479 e. The second-order valence-corrected chi connectivity index (χ2v) is 2.94. The molecule has 14 heavy (non-hydrogen) atoms. The van der Waals surface area contributed by atoms with Gasteiger partial charge in [0.15, 0.2) is 6.10 Å². The molecule has 1 aromatic heterocycles. The molecule has 0 aromatic carbocycles. The lowest BCUT2D eigenvalue weighted by Crippen LogP contribution is -2.26. The molecule has 0 aliphatic carbocycles. The molecule has 76 valence electrons. The summed E-state index contributed by atoms with van der Waals surface area (Å²) >= 11 is 0. The number of aliphatic carboxylic acids is 1. The Morgan fingerprint density at radius 2 is 2.43 bits per heavy atom. The van der Waals surface area contributed by atoms with Crippen molar-refractivity contribution in [1.29, 1.82) is 0 Å². The first-order chi connectivity index (χ1) is 6.65. The van der Waals surface area contributed by atoms with Crippen LogP contribution in [0, 0.1) is 6.92 Å². The van der Waals surface area contributed by atoms with Gasteiger partial charge in [0.05, 0.1) is 5.69 Å². The molecule has 4 nitrogen and oxygen atoms in total. The van der Waals surface area contributed by atoms with Gasteiger partial charge in [-0.15, -0.1) is 0 Å². The topological polar surface area (TPSA) is 59.4 Å². The molecule has 0 radical (unpaired) electrons. The lowest BCUT2D eigenvalue weighted by molar-refractivity contribution is -0.145. The summed E-state index contributed by atoms with van der Waals surface area (Å²) in [6.45, 7) is 3.55. The van der Waals surface area contributed by atoms with E-state index in [1.807, 2.05) is 0 Å². The summed E-state index contributed by atoms with van der Waals surface area (Å²) < 4.78 is 5.29. The van der Waals surface area contributed by atoms with E-state index in [-0.39, 0.29) is 0 Å². The molecule has 4 heteroatoms. The van der Waals surface area contributed by atoms with Crippen LogP contribution in [-0.4, -0.2) is 22.2 Å². The fourth-order valence-electron chi connectivity index (χ4n) is 1.06. The minimum Gasteiger partial charge on any atom is -0.479 e. The van der Waals surface area contributed by atoms with Crippen molar-refractivity contribution < 1.29 is 14.6 Å². The number of nitrogens with zero attached hydrogens (tertiary/aromatic N) is 1. The molecular weight excluding hydrogens is 182 g/mol. The third kappa shape index (κ3) is 2.45. The Bertz CT molecular complexity index is 325. The zero-order valence-corrected chi connectivity index (χ0v) is 8.23. The lowest BCUT2D eigenvalue weighted by Gasteiger charge is -2.13. The van der Waals surface area contributed by atoms with E-state index >= 15 is 0 Å². The van der Waals surface area contributed by atoms with Gasteiger partial charge >= 0.3 is 5.97 Å². The van der Waals surface area contributed by atoms with E-state index in [0.717, 1.165) is 0 Å². The highest BCUT2D eigenvalue weighted by Crippen LogP contribution is 2.16. The van der Waals surface area contributed by atoms with Gasteiger partial charge in [0, 0.05) is 6.20 Å². The first-order valence-corrected chi connectivity index (χ1v) is 4.46. The fourth-order valence-corrected chi connectivity index (χ4v) is 1.06. The molecule has 0 amide bonds. The second kappa shape index (κ2) is 4.60. The van der Waals surface area contributed by atoms with Crippen LogP contribution >= 0.6 is 0 Å². The highest BCUT2D eigenvalue weighted by molar-refractivity contribution is 5.72. The molecule has 0 bridgehead atoms. The highest BCUT2D eigenvalue weighted by atomic mass is 16.5. The highest BCUT2D eigenvalue weighted by Gasteiger charge is 2.17. The van der Waals surface area contributed by atoms with Crippen molar-refractivity contribution in [3.8, 4) is 5.75 Å². The Morgan fingerprint density at radius 3 is 2.93 bits per heavy atom. The number of aromatic nitrogens is 1. The fraction of sp³-hybridized carbons (Fsp3) is 0.400. The van der Waals surface area contributed by atoms with Crippen LogP contribution in [0.2, 0.25) is 0 Å². The third-order valence-electron chi connectivity index (χ3n) is 1.87. The number of pyridine rings is 1. The monoisotopic (exact) mass is 195 g/mol. The third-order valence-corrected chi connectivity index (χ3v) is 1.87. The molecule has 0 spiro atoms. The number of ether oxygens (including phenoxy) is 1. The molecule has 0 aliphatic rings. The summed E-state index contributed by atoms with van der Waals surface area (Å²) in [5, 5.41) is 8.78. The Labute approximate surface area is 82.5 Å². The van der Waals surface area contributed by atoms with Crippen molar-refractivity contribution in [2.75, 3.05) is 0 Å². The van der Waals surface area contributed by atoms with Gasteiger partial charge in [-0.1, -0.05) is 6.92 Å². The zero-order valence-electron chi connectivity index (χ0n) is 8.23. The van der Waals surface area contributed by atoms with Crippen LogP contribution in [-0.2, 0) is 4.79 Å². The van der Waals surface area contributed by atoms with Crippen molar-refractivity contribution in [1.82, 2.24) is 4.98 Å². The Balaban J connectivity index is 2.77. The molecule has 1 aromatic rings. The van der Waals surface area contributed by atoms with Gasteiger partial charge in [-0.05, 0) is 25.5 Å². The number of carboxylic acid groups (broad SMARTS) is 1. The maximum atomic E-state index is 10.7. The molecule has 1 atom stereocenters. The quantitative estimate of drug-likeness (QED) is 0.793. The maximum Gasteiger partial charge on any atom is 0.344 e. The molecule has 1 rings (SSSR count). The molecule has 0 saturated heterocycles. The first kappa shape index (κ1) is 10.5. The van der Waals surface area contributed by atoms with Crippen molar-refractivity contribution in [2.24, 2.45) is 0 Å². The summed E-state index contributed by atoms with van der Waals surface area (Å²) in [7, 11) is 0. The van der Waals surface area contributed by atoms with E-state index < -0.39 is 12.1 Å². The van der Waals surface area contributed by atoms with Crippen LogP contribution in [0.3, 0.4) is 0 Å². The molecular formula is C10H13NO3. The van der Waals surface area contributed by atoms with Crippen molar-refractivity contribution in [3.63, 3.8) is 0 Å². The maximum absolute atomic E-state index is 10.7. The summed E-state index contributed by atoms with van der Waals surface area (Å²) in [6, 6.07) is 3.44. The van der Waals surface area contributed by atoms with Gasteiger partial charge in [-0.25, -0.2) is 4.79 Å². The Hall–Kier alpha value is -1.58. The van der Waals surface area contributed by atoms with Crippen molar-refractivity contribution in [3.05, 3.63) is 24.0 Å². The predicted octanol–water partition coefficient (Wildman–Crippen LogP) is 1.63. The second-order valence-electron chi connectivity index (χ2n) is 2.94. The van der Waals surface area contributed by atoms with Gasteiger partial charge in [0.1, 0.15) is 5.75 Å². The Morgan fingerprint density at radius 1 is 1.71 bits per heavy atom.